The summed E-state index contributed by atoms with van der Waals surface area (Å²) in [5.41, 5.74) is 10.8. The molecule has 5 nitrogen and oxygen atoms in total. The maximum atomic E-state index is 8.01. The van der Waals surface area contributed by atoms with Crippen LogP contribution in [0.5, 0.6) is 0 Å². The predicted molar refractivity (Wildman–Crippen MR) is 124 cm³/mol. The monoisotopic (exact) mass is 399 g/mol. The fraction of sp³-hybridized carbons (Fsp3) is 0.905. The van der Waals surface area contributed by atoms with Crippen LogP contribution in [0.15, 0.2) is 4.99 Å². The number of nitrogens with zero attached hydrogens (tertiary/aromatic N) is 2. The molecule has 0 radical (unpaired) electrons. The Hall–Kier alpha value is -0.910. The molecular weight excluding hydrogens is 354 g/mol. The van der Waals surface area contributed by atoms with Crippen LogP contribution in [-0.4, -0.2) is 40.9 Å². The maximum Gasteiger partial charge on any atom is 0.221 e. The molecule has 0 fully saturated rings. The number of unbranched alkanes of at least 4 members (excludes halogenated alkanes) is 7. The van der Waals surface area contributed by atoms with Crippen molar-refractivity contribution in [3.05, 3.63) is 0 Å². The summed E-state index contributed by atoms with van der Waals surface area (Å²) in [6, 6.07) is 0.229. The number of aliphatic imine (C=N–C) groups is 1. The van der Waals surface area contributed by atoms with Gasteiger partial charge in [0.25, 0.3) is 0 Å². The minimum Gasteiger partial charge on any atom is -0.370 e. The highest BCUT2D eigenvalue weighted by Gasteiger charge is 2.13. The van der Waals surface area contributed by atoms with E-state index in [0.717, 1.165) is 18.9 Å². The molecule has 0 aliphatic rings. The Balaban J connectivity index is 3.71. The van der Waals surface area contributed by atoms with Gasteiger partial charge in [-0.25, -0.2) is 0 Å². The molecule has 0 aromatic heterocycles. The van der Waals surface area contributed by atoms with Crippen molar-refractivity contribution < 1.29 is 0 Å². The first-order valence-corrected chi connectivity index (χ1v) is 12.1. The number of nitrogens with one attached hydrogen (secondary N) is 1. The van der Waals surface area contributed by atoms with E-state index >= 15 is 0 Å². The quantitative estimate of drug-likeness (QED) is 0.189. The van der Waals surface area contributed by atoms with Crippen molar-refractivity contribution in [1.82, 2.24) is 4.90 Å². The fourth-order valence-electron chi connectivity index (χ4n) is 3.11. The van der Waals surface area contributed by atoms with Crippen LogP contribution < -0.4 is 11.5 Å². The normalized spacial score (nSPS) is 12.2. The number of nitrogens with two attached hydrogens (primary N) is 2. The smallest absolute Gasteiger partial charge is 0.221 e. The van der Waals surface area contributed by atoms with E-state index in [1.54, 1.807) is 0 Å². The van der Waals surface area contributed by atoms with Crippen LogP contribution in [0.2, 0.25) is 0 Å². The van der Waals surface area contributed by atoms with Crippen molar-refractivity contribution in [3.8, 4) is 0 Å². The van der Waals surface area contributed by atoms with Crippen molar-refractivity contribution in [2.45, 2.75) is 97.9 Å². The molecule has 0 aliphatic heterocycles. The van der Waals surface area contributed by atoms with Gasteiger partial charge in [-0.05, 0) is 50.5 Å². The molecule has 0 rings (SSSR count). The molecule has 0 heterocycles. The Morgan fingerprint density at radius 1 is 0.963 bits per heavy atom. The van der Waals surface area contributed by atoms with Crippen LogP contribution in [0, 0.1) is 11.3 Å². The van der Waals surface area contributed by atoms with Gasteiger partial charge in [0.2, 0.25) is 5.96 Å². The lowest BCUT2D eigenvalue weighted by Crippen LogP contribution is -2.38. The summed E-state index contributed by atoms with van der Waals surface area (Å²) in [6.07, 6.45) is 13.4. The van der Waals surface area contributed by atoms with E-state index < -0.39 is 0 Å². The van der Waals surface area contributed by atoms with Gasteiger partial charge >= 0.3 is 0 Å². The zero-order valence-electron chi connectivity index (χ0n) is 18.3. The van der Waals surface area contributed by atoms with Gasteiger partial charge in [0.1, 0.15) is 0 Å². The van der Waals surface area contributed by atoms with Crippen LogP contribution >= 0.6 is 11.8 Å². The Labute approximate surface area is 172 Å². The number of hydrogen-bond acceptors (Lipinski definition) is 2. The molecule has 6 heteroatoms. The summed E-state index contributed by atoms with van der Waals surface area (Å²) in [5, 5.41) is 8.01. The third-order valence-corrected chi connectivity index (χ3v) is 6.15. The molecule has 0 saturated carbocycles. The highest BCUT2D eigenvalue weighted by atomic mass is 32.2. The first kappa shape index (κ1) is 26.1. The molecule has 0 aromatic rings. The number of thioether (sulfide) groups is 1. The predicted octanol–water partition coefficient (Wildman–Crippen LogP) is 5.20. The minimum absolute atomic E-state index is 0.0450. The second-order valence-corrected chi connectivity index (χ2v) is 9.09. The lowest BCUT2D eigenvalue weighted by Gasteiger charge is -2.27. The van der Waals surface area contributed by atoms with Gasteiger partial charge in [-0.15, -0.1) is 0 Å². The van der Waals surface area contributed by atoms with Crippen LogP contribution in [0.4, 0.5) is 0 Å². The summed E-state index contributed by atoms with van der Waals surface area (Å²) < 4.78 is 0. The van der Waals surface area contributed by atoms with Crippen molar-refractivity contribution >= 4 is 23.7 Å². The highest BCUT2D eigenvalue weighted by Crippen LogP contribution is 2.17. The van der Waals surface area contributed by atoms with Gasteiger partial charge < -0.3 is 16.4 Å². The lowest BCUT2D eigenvalue weighted by atomic mass is 10.1. The largest absolute Gasteiger partial charge is 0.370 e. The first-order chi connectivity index (χ1) is 12.9. The molecule has 0 bridgehead atoms. The SMILES string of the molecule is CCCCCCCCCCSCC(C)CCCN(C(=N)N=C(N)N)C(C)C. The Morgan fingerprint density at radius 2 is 1.56 bits per heavy atom. The molecule has 0 aliphatic carbocycles. The topological polar surface area (TPSA) is 91.5 Å². The van der Waals surface area contributed by atoms with Gasteiger partial charge in [0.05, 0.1) is 0 Å². The van der Waals surface area contributed by atoms with Crippen molar-refractivity contribution in [1.29, 1.82) is 5.41 Å². The summed E-state index contributed by atoms with van der Waals surface area (Å²) in [4.78, 5) is 5.84. The Bertz CT molecular complexity index is 394. The van der Waals surface area contributed by atoms with E-state index in [1.807, 2.05) is 4.90 Å². The van der Waals surface area contributed by atoms with Crippen molar-refractivity contribution in [3.63, 3.8) is 0 Å². The van der Waals surface area contributed by atoms with Gasteiger partial charge in [-0.2, -0.15) is 16.8 Å². The van der Waals surface area contributed by atoms with Crippen LogP contribution in [0.25, 0.3) is 0 Å². The molecular formula is C21H45N5S. The lowest BCUT2D eigenvalue weighted by molar-refractivity contribution is 0.327. The molecule has 0 saturated heterocycles. The van der Waals surface area contributed by atoms with Crippen LogP contribution in [-0.2, 0) is 0 Å². The second kappa shape index (κ2) is 17.2. The fourth-order valence-corrected chi connectivity index (χ4v) is 4.26. The molecule has 27 heavy (non-hydrogen) atoms. The number of hydrogen-bond donors (Lipinski definition) is 3. The molecule has 0 amide bonds. The summed E-state index contributed by atoms with van der Waals surface area (Å²) in [7, 11) is 0. The molecule has 0 spiro atoms. The van der Waals surface area contributed by atoms with E-state index in [9.17, 15) is 0 Å². The summed E-state index contributed by atoms with van der Waals surface area (Å²) >= 11 is 2.10. The van der Waals surface area contributed by atoms with E-state index in [-0.39, 0.29) is 18.0 Å². The summed E-state index contributed by atoms with van der Waals surface area (Å²) in [6.45, 7) is 9.58. The Kier molecular flexibility index (Phi) is 16.6. The third kappa shape index (κ3) is 15.8. The van der Waals surface area contributed by atoms with E-state index in [2.05, 4.69) is 44.4 Å². The second-order valence-electron chi connectivity index (χ2n) is 7.94. The zero-order valence-corrected chi connectivity index (χ0v) is 19.1. The van der Waals surface area contributed by atoms with Gasteiger partial charge in [-0.3, -0.25) is 5.41 Å². The van der Waals surface area contributed by atoms with Crippen LogP contribution in [0.1, 0.15) is 91.9 Å². The van der Waals surface area contributed by atoms with Crippen molar-refractivity contribution in [2.75, 3.05) is 18.1 Å². The number of rotatable bonds is 16. The zero-order chi connectivity index (χ0) is 20.5. The van der Waals surface area contributed by atoms with E-state index in [1.165, 1.54) is 69.3 Å². The molecule has 5 N–H and O–H groups in total. The van der Waals surface area contributed by atoms with Gasteiger partial charge in [0.15, 0.2) is 5.96 Å². The molecule has 160 valence electrons. The minimum atomic E-state index is -0.0450. The highest BCUT2D eigenvalue weighted by molar-refractivity contribution is 7.99. The van der Waals surface area contributed by atoms with E-state index in [0.29, 0.717) is 0 Å². The van der Waals surface area contributed by atoms with Gasteiger partial charge in [0, 0.05) is 12.6 Å². The average Bonchev–Trinajstić information content (AvgIpc) is 2.59. The van der Waals surface area contributed by atoms with Crippen molar-refractivity contribution in [2.24, 2.45) is 22.4 Å². The van der Waals surface area contributed by atoms with Crippen LogP contribution in [0.3, 0.4) is 0 Å². The standard InChI is InChI=1S/C21H45N5S/c1-5-6-7-8-9-10-11-12-16-27-17-19(4)14-13-15-26(18(2)3)21(24)25-20(22)23/h18-19H,5-17H2,1-4H3,(H5,22,23,24,25). The number of guanidine groups is 2. The van der Waals surface area contributed by atoms with Gasteiger partial charge in [-0.1, -0.05) is 58.8 Å². The average molecular weight is 400 g/mol. The first-order valence-electron chi connectivity index (χ1n) is 10.9. The Morgan fingerprint density at radius 3 is 2.11 bits per heavy atom. The molecule has 1 unspecified atom stereocenters. The van der Waals surface area contributed by atoms with E-state index in [4.69, 9.17) is 16.9 Å². The third-order valence-electron chi connectivity index (χ3n) is 4.77. The molecule has 0 aromatic carbocycles. The maximum absolute atomic E-state index is 8.01. The molecule has 1 atom stereocenters. The summed E-state index contributed by atoms with van der Waals surface area (Å²) in [5.74, 6) is 3.38.